The van der Waals surface area contributed by atoms with Crippen molar-refractivity contribution >= 4 is 17.9 Å². The highest BCUT2D eigenvalue weighted by Crippen LogP contribution is 2.22. The molecule has 0 spiro atoms. The summed E-state index contributed by atoms with van der Waals surface area (Å²) in [6, 6.07) is 0. The van der Waals surface area contributed by atoms with Crippen molar-refractivity contribution in [2.24, 2.45) is 17.8 Å². The fourth-order valence-electron chi connectivity index (χ4n) is 5.84. The van der Waals surface area contributed by atoms with Crippen molar-refractivity contribution in [3.8, 4) is 0 Å². The molecule has 0 bridgehead atoms. The number of hydrogen-bond donors (Lipinski definition) is 2. The van der Waals surface area contributed by atoms with Crippen LogP contribution >= 0.6 is 0 Å². The highest BCUT2D eigenvalue weighted by Gasteiger charge is 2.30. The Labute approximate surface area is 270 Å². The minimum atomic E-state index is -1.08. The van der Waals surface area contributed by atoms with Crippen LogP contribution in [0.5, 0.6) is 0 Å². The molecule has 0 saturated heterocycles. The van der Waals surface area contributed by atoms with Gasteiger partial charge in [-0.2, -0.15) is 0 Å². The monoisotopic (exact) mass is 624 g/mol. The predicted molar refractivity (Wildman–Crippen MR) is 179 cm³/mol. The van der Waals surface area contributed by atoms with Crippen LogP contribution in [0.2, 0.25) is 0 Å². The molecule has 0 aliphatic rings. The van der Waals surface area contributed by atoms with Gasteiger partial charge in [-0.3, -0.25) is 9.59 Å². The summed E-state index contributed by atoms with van der Waals surface area (Å²) in [6.07, 6.45) is 29.1. The lowest BCUT2D eigenvalue weighted by Crippen LogP contribution is -2.52. The van der Waals surface area contributed by atoms with E-state index in [1.807, 2.05) is 0 Å². The Balaban J connectivity index is 4.44. The first-order valence-electron chi connectivity index (χ1n) is 18.2. The van der Waals surface area contributed by atoms with Gasteiger partial charge < -0.3 is 24.6 Å². The van der Waals surface area contributed by atoms with Gasteiger partial charge in [-0.25, -0.2) is 0 Å². The molecular weight excluding hydrogens is 554 g/mol. The van der Waals surface area contributed by atoms with E-state index in [4.69, 9.17) is 0 Å². The summed E-state index contributed by atoms with van der Waals surface area (Å²) < 4.78 is 0.575. The molecule has 3 atom stereocenters. The zero-order chi connectivity index (χ0) is 33.1. The normalized spacial score (nSPS) is 15.2. The maximum atomic E-state index is 11.5. The molecule has 0 aromatic rings. The second kappa shape index (κ2) is 27.4. The molecule has 7 nitrogen and oxygen atoms in total. The summed E-state index contributed by atoms with van der Waals surface area (Å²) in [5, 5.41) is 30.3. The highest BCUT2D eigenvalue weighted by atomic mass is 16.4. The molecule has 3 unspecified atom stereocenters. The molecule has 7 heteroatoms. The largest absolute Gasteiger partial charge is 0.550 e. The lowest BCUT2D eigenvalue weighted by Gasteiger charge is -2.41. The third kappa shape index (κ3) is 23.5. The van der Waals surface area contributed by atoms with E-state index in [0.29, 0.717) is 43.4 Å². The Hall–Kier alpha value is -1.89. The maximum Gasteiger partial charge on any atom is 0.306 e. The second-order valence-electron chi connectivity index (χ2n) is 13.7. The van der Waals surface area contributed by atoms with Crippen molar-refractivity contribution in [1.29, 1.82) is 0 Å². The molecule has 0 amide bonds. The van der Waals surface area contributed by atoms with E-state index in [2.05, 4.69) is 19.1 Å². The summed E-state index contributed by atoms with van der Waals surface area (Å²) >= 11 is 0. The number of carbonyl (C=O) groups excluding carboxylic acids is 1. The number of unbranched alkanes of at least 4 members (excludes halogenated alkanes) is 16. The van der Waals surface area contributed by atoms with E-state index in [1.54, 1.807) is 20.8 Å². The number of allylic oxidation sites excluding steroid dienone is 2. The molecule has 0 aromatic heterocycles. The van der Waals surface area contributed by atoms with Gasteiger partial charge in [0, 0.05) is 31.1 Å². The summed E-state index contributed by atoms with van der Waals surface area (Å²) in [6.45, 7) is 9.95. The Morgan fingerprint density at radius 3 is 1.25 bits per heavy atom. The summed E-state index contributed by atoms with van der Waals surface area (Å²) in [4.78, 5) is 34.4. The Bertz CT molecular complexity index is 707. The van der Waals surface area contributed by atoms with Crippen molar-refractivity contribution in [3.63, 3.8) is 0 Å². The molecule has 2 N–H and O–H groups in total. The second-order valence-corrected chi connectivity index (χ2v) is 13.7. The zero-order valence-electron chi connectivity index (χ0n) is 29.0. The average Bonchev–Trinajstić information content (AvgIpc) is 2.99. The smallest absolute Gasteiger partial charge is 0.306 e. The first kappa shape index (κ1) is 42.1. The molecule has 0 radical (unpaired) electrons. The number of carboxylic acids is 3. The van der Waals surface area contributed by atoms with Gasteiger partial charge in [0.25, 0.3) is 0 Å². The molecule has 0 fully saturated rings. The predicted octanol–water partition coefficient (Wildman–Crippen LogP) is 8.40. The third-order valence-corrected chi connectivity index (χ3v) is 9.50. The van der Waals surface area contributed by atoms with Gasteiger partial charge in [-0.1, -0.05) is 117 Å². The topological polar surface area (TPSA) is 115 Å². The Morgan fingerprint density at radius 1 is 0.545 bits per heavy atom. The Kier molecular flexibility index (Phi) is 26.2. The van der Waals surface area contributed by atoms with E-state index in [0.717, 1.165) is 38.6 Å². The van der Waals surface area contributed by atoms with E-state index in [-0.39, 0.29) is 0 Å². The zero-order valence-corrected chi connectivity index (χ0v) is 29.0. The van der Waals surface area contributed by atoms with Crippen LogP contribution in [0.25, 0.3) is 0 Å². The van der Waals surface area contributed by atoms with Crippen LogP contribution in [0.1, 0.15) is 163 Å². The highest BCUT2D eigenvalue weighted by molar-refractivity contribution is 5.69. The summed E-state index contributed by atoms with van der Waals surface area (Å²) in [5.41, 5.74) is 0. The molecule has 0 rings (SSSR count). The molecular formula is C37H69NO6. The van der Waals surface area contributed by atoms with E-state index < -0.39 is 35.7 Å². The molecule has 44 heavy (non-hydrogen) atoms. The van der Waals surface area contributed by atoms with Gasteiger partial charge in [0.2, 0.25) is 0 Å². The summed E-state index contributed by atoms with van der Waals surface area (Å²) in [7, 11) is 0. The van der Waals surface area contributed by atoms with E-state index >= 15 is 0 Å². The van der Waals surface area contributed by atoms with Gasteiger partial charge in [0.15, 0.2) is 0 Å². The molecule has 0 heterocycles. The van der Waals surface area contributed by atoms with Crippen molar-refractivity contribution in [2.75, 3.05) is 26.2 Å². The lowest BCUT2D eigenvalue weighted by molar-refractivity contribution is -0.929. The van der Waals surface area contributed by atoms with Crippen LogP contribution in [0.15, 0.2) is 12.2 Å². The van der Waals surface area contributed by atoms with Crippen molar-refractivity contribution in [3.05, 3.63) is 12.2 Å². The van der Waals surface area contributed by atoms with E-state index in [1.165, 1.54) is 83.5 Å². The minimum Gasteiger partial charge on any atom is -0.550 e. The molecule has 258 valence electrons. The average molecular weight is 624 g/mol. The first-order valence-corrected chi connectivity index (χ1v) is 18.2. The van der Waals surface area contributed by atoms with Crippen LogP contribution in [-0.4, -0.2) is 58.8 Å². The molecule has 0 aliphatic heterocycles. The lowest BCUT2D eigenvalue weighted by atomic mass is 10.0. The first-order chi connectivity index (χ1) is 21.0. The quantitative estimate of drug-likeness (QED) is 0.0442. The van der Waals surface area contributed by atoms with Crippen LogP contribution in [0, 0.1) is 17.8 Å². The number of hydrogen-bond acceptors (Lipinski definition) is 4. The van der Waals surface area contributed by atoms with Crippen molar-refractivity contribution < 1.29 is 34.2 Å². The van der Waals surface area contributed by atoms with Gasteiger partial charge in [-0.15, -0.1) is 0 Å². The fourth-order valence-corrected chi connectivity index (χ4v) is 5.84. The number of aliphatic carboxylic acids is 3. The van der Waals surface area contributed by atoms with Crippen molar-refractivity contribution in [2.45, 2.75) is 163 Å². The van der Waals surface area contributed by atoms with Crippen LogP contribution in [0.4, 0.5) is 0 Å². The van der Waals surface area contributed by atoms with E-state index in [9.17, 15) is 29.7 Å². The third-order valence-electron chi connectivity index (χ3n) is 9.50. The number of carbonyl (C=O) groups is 3. The van der Waals surface area contributed by atoms with Crippen LogP contribution in [0.3, 0.4) is 0 Å². The number of rotatable bonds is 32. The standard InChI is InChI=1S/C37H69NO6/c1-5-6-7-8-9-10-11-12-13-14-15-16-17-18-19-20-21-22-23-24-28-38(29-25-32(2)35(39)40,30-26-33(3)36(41)42)31-27-34(4)37(43)44/h18-19,32-34H,5-17,20-31H2,1-4H3,(H2-,39,40,41,42,43,44)/b19-18+. The fraction of sp³-hybridized carbons (Fsp3) is 0.865. The Morgan fingerprint density at radius 2 is 0.886 bits per heavy atom. The SMILES string of the molecule is CCCCCCCCCCCCCC/C=C/CCCCCC[N+](CCC(C)C(=O)[O-])(CCC(C)C(=O)O)CCC(C)C(=O)O. The van der Waals surface area contributed by atoms with Gasteiger partial charge >= 0.3 is 11.9 Å². The number of carboxylic acid groups (broad SMARTS) is 3. The maximum absolute atomic E-state index is 11.5. The number of quaternary nitrogens is 1. The van der Waals surface area contributed by atoms with Gasteiger partial charge in [-0.05, 0) is 38.5 Å². The van der Waals surface area contributed by atoms with Gasteiger partial charge in [0.05, 0.1) is 38.0 Å². The van der Waals surface area contributed by atoms with Crippen molar-refractivity contribution in [1.82, 2.24) is 0 Å². The number of nitrogens with zero attached hydrogens (tertiary/aromatic N) is 1. The van der Waals surface area contributed by atoms with Crippen LogP contribution < -0.4 is 5.11 Å². The minimum absolute atomic E-state index is 0.440. The molecule has 0 aliphatic carbocycles. The molecule has 0 saturated carbocycles. The van der Waals surface area contributed by atoms with Crippen LogP contribution in [-0.2, 0) is 14.4 Å². The van der Waals surface area contributed by atoms with Gasteiger partial charge in [0.1, 0.15) is 0 Å². The summed E-state index contributed by atoms with van der Waals surface area (Å²) in [5.74, 6) is -4.33. The molecule has 0 aromatic carbocycles.